The highest BCUT2D eigenvalue weighted by molar-refractivity contribution is 6.30. The molecule has 2 rings (SSSR count). The van der Waals surface area contributed by atoms with Crippen LogP contribution in [0.1, 0.15) is 29.2 Å². The molecule has 0 aromatic heterocycles. The average Bonchev–Trinajstić information content (AvgIpc) is 2.47. The van der Waals surface area contributed by atoms with Gasteiger partial charge in [0.25, 0.3) is 0 Å². The van der Waals surface area contributed by atoms with Crippen molar-refractivity contribution in [3.8, 4) is 5.75 Å². The molecule has 0 heterocycles. The maximum absolute atomic E-state index is 6.07. The zero-order chi connectivity index (χ0) is 15.2. The van der Waals surface area contributed by atoms with Crippen LogP contribution >= 0.6 is 11.6 Å². The van der Waals surface area contributed by atoms with Gasteiger partial charge in [0.15, 0.2) is 0 Å². The van der Waals surface area contributed by atoms with Gasteiger partial charge in [-0.15, -0.1) is 0 Å². The molecular formula is C18H22ClNO. The van der Waals surface area contributed by atoms with Gasteiger partial charge in [0.2, 0.25) is 0 Å². The Kier molecular flexibility index (Phi) is 5.66. The first-order valence-corrected chi connectivity index (χ1v) is 7.66. The molecule has 0 aliphatic heterocycles. The predicted octanol–water partition coefficient (Wildman–Crippen LogP) is 4.65. The predicted molar refractivity (Wildman–Crippen MR) is 89.1 cm³/mol. The second-order valence-corrected chi connectivity index (χ2v) is 5.68. The van der Waals surface area contributed by atoms with E-state index in [0.29, 0.717) is 6.61 Å². The van der Waals surface area contributed by atoms with Gasteiger partial charge in [-0.3, -0.25) is 0 Å². The number of aryl methyl sites for hydroxylation is 2. The van der Waals surface area contributed by atoms with Crippen LogP contribution in [0, 0.1) is 13.8 Å². The largest absolute Gasteiger partial charge is 0.489 e. The molecular weight excluding hydrogens is 282 g/mol. The van der Waals surface area contributed by atoms with Gasteiger partial charge >= 0.3 is 0 Å². The van der Waals surface area contributed by atoms with Gasteiger partial charge in [-0.05, 0) is 55.3 Å². The summed E-state index contributed by atoms with van der Waals surface area (Å²) in [7, 11) is 0. The van der Waals surface area contributed by atoms with Crippen molar-refractivity contribution < 1.29 is 4.74 Å². The minimum absolute atomic E-state index is 0.571. The number of benzene rings is 2. The summed E-state index contributed by atoms with van der Waals surface area (Å²) >= 11 is 6.07. The second-order valence-electron chi connectivity index (χ2n) is 5.24. The fourth-order valence-electron chi connectivity index (χ4n) is 2.14. The van der Waals surface area contributed by atoms with Crippen molar-refractivity contribution in [2.45, 2.75) is 33.9 Å². The lowest BCUT2D eigenvalue weighted by Crippen LogP contribution is -2.13. The summed E-state index contributed by atoms with van der Waals surface area (Å²) in [6, 6.07) is 12.2. The maximum Gasteiger partial charge on any atom is 0.124 e. The van der Waals surface area contributed by atoms with Crippen LogP contribution in [0.5, 0.6) is 5.75 Å². The zero-order valence-corrected chi connectivity index (χ0v) is 13.6. The standard InChI is InChI=1S/C18H22ClNO/c1-4-20-11-16-10-17(19)7-8-18(16)21-12-15-6-5-13(2)14(3)9-15/h5-10,20H,4,11-12H2,1-3H3. The van der Waals surface area contributed by atoms with Crippen molar-refractivity contribution in [1.29, 1.82) is 0 Å². The fourth-order valence-corrected chi connectivity index (χ4v) is 2.34. The Morgan fingerprint density at radius 2 is 1.86 bits per heavy atom. The molecule has 0 bridgehead atoms. The number of nitrogens with one attached hydrogen (secondary N) is 1. The summed E-state index contributed by atoms with van der Waals surface area (Å²) in [4.78, 5) is 0. The second kappa shape index (κ2) is 7.48. The van der Waals surface area contributed by atoms with E-state index in [2.05, 4.69) is 44.3 Å². The lowest BCUT2D eigenvalue weighted by molar-refractivity contribution is 0.302. The van der Waals surface area contributed by atoms with Gasteiger partial charge in [-0.2, -0.15) is 0 Å². The summed E-state index contributed by atoms with van der Waals surface area (Å²) < 4.78 is 5.97. The van der Waals surface area contributed by atoms with E-state index in [1.165, 1.54) is 16.7 Å². The molecule has 0 saturated carbocycles. The molecule has 1 N–H and O–H groups in total. The molecule has 0 fully saturated rings. The van der Waals surface area contributed by atoms with Crippen molar-refractivity contribution in [1.82, 2.24) is 5.32 Å². The summed E-state index contributed by atoms with van der Waals surface area (Å²) in [5.41, 5.74) is 4.87. The number of rotatable bonds is 6. The van der Waals surface area contributed by atoms with Crippen LogP contribution in [-0.2, 0) is 13.2 Å². The monoisotopic (exact) mass is 303 g/mol. The molecule has 0 aliphatic rings. The molecule has 0 unspecified atom stereocenters. The summed E-state index contributed by atoms with van der Waals surface area (Å²) in [5, 5.41) is 4.05. The van der Waals surface area contributed by atoms with Crippen LogP contribution in [0.4, 0.5) is 0 Å². The summed E-state index contributed by atoms with van der Waals surface area (Å²) in [6.07, 6.45) is 0. The van der Waals surface area contributed by atoms with Crippen LogP contribution in [0.3, 0.4) is 0 Å². The first kappa shape index (κ1) is 15.9. The van der Waals surface area contributed by atoms with Gasteiger partial charge in [0.05, 0.1) is 0 Å². The molecule has 0 saturated heterocycles. The Morgan fingerprint density at radius 3 is 2.57 bits per heavy atom. The number of hydrogen-bond acceptors (Lipinski definition) is 2. The van der Waals surface area contributed by atoms with Gasteiger partial charge in [-0.1, -0.05) is 36.7 Å². The van der Waals surface area contributed by atoms with Crippen LogP contribution in [0.2, 0.25) is 5.02 Å². The van der Waals surface area contributed by atoms with E-state index in [-0.39, 0.29) is 0 Å². The lowest BCUT2D eigenvalue weighted by atomic mass is 10.1. The molecule has 0 amide bonds. The van der Waals surface area contributed by atoms with Gasteiger partial charge < -0.3 is 10.1 Å². The fraction of sp³-hybridized carbons (Fsp3) is 0.333. The van der Waals surface area contributed by atoms with Gasteiger partial charge in [0, 0.05) is 17.1 Å². The normalized spacial score (nSPS) is 10.7. The minimum Gasteiger partial charge on any atom is -0.489 e. The highest BCUT2D eigenvalue weighted by atomic mass is 35.5. The van der Waals surface area contributed by atoms with E-state index < -0.39 is 0 Å². The molecule has 2 nitrogen and oxygen atoms in total. The van der Waals surface area contributed by atoms with E-state index in [1.54, 1.807) is 0 Å². The van der Waals surface area contributed by atoms with Gasteiger partial charge in [-0.25, -0.2) is 0 Å². The molecule has 3 heteroatoms. The molecule has 21 heavy (non-hydrogen) atoms. The average molecular weight is 304 g/mol. The number of hydrogen-bond donors (Lipinski definition) is 1. The van der Waals surface area contributed by atoms with Crippen molar-refractivity contribution in [2.24, 2.45) is 0 Å². The molecule has 0 atom stereocenters. The SMILES string of the molecule is CCNCc1cc(Cl)ccc1OCc1ccc(C)c(C)c1. The van der Waals surface area contributed by atoms with E-state index in [0.717, 1.165) is 29.4 Å². The van der Waals surface area contributed by atoms with E-state index in [4.69, 9.17) is 16.3 Å². The van der Waals surface area contributed by atoms with E-state index in [1.807, 2.05) is 18.2 Å². The molecule has 2 aromatic carbocycles. The number of halogens is 1. The summed E-state index contributed by atoms with van der Waals surface area (Å²) in [5.74, 6) is 0.888. The highest BCUT2D eigenvalue weighted by Crippen LogP contribution is 2.24. The number of ether oxygens (including phenoxy) is 1. The first-order chi connectivity index (χ1) is 10.1. The molecule has 0 spiro atoms. The van der Waals surface area contributed by atoms with Gasteiger partial charge in [0.1, 0.15) is 12.4 Å². The Hall–Kier alpha value is -1.51. The molecule has 2 aromatic rings. The van der Waals surface area contributed by atoms with E-state index >= 15 is 0 Å². The third kappa shape index (κ3) is 4.48. The van der Waals surface area contributed by atoms with Crippen LogP contribution < -0.4 is 10.1 Å². The van der Waals surface area contributed by atoms with Crippen LogP contribution in [0.25, 0.3) is 0 Å². The Balaban J connectivity index is 2.09. The third-order valence-electron chi connectivity index (χ3n) is 3.55. The molecule has 0 aliphatic carbocycles. The highest BCUT2D eigenvalue weighted by Gasteiger charge is 2.05. The Labute approximate surface area is 132 Å². The van der Waals surface area contributed by atoms with Crippen LogP contribution in [0.15, 0.2) is 36.4 Å². The Bertz CT molecular complexity index is 610. The first-order valence-electron chi connectivity index (χ1n) is 7.28. The van der Waals surface area contributed by atoms with E-state index in [9.17, 15) is 0 Å². The maximum atomic E-state index is 6.07. The third-order valence-corrected chi connectivity index (χ3v) is 3.79. The molecule has 112 valence electrons. The quantitative estimate of drug-likeness (QED) is 0.839. The van der Waals surface area contributed by atoms with Crippen molar-refractivity contribution in [2.75, 3.05) is 6.54 Å². The van der Waals surface area contributed by atoms with Crippen LogP contribution in [-0.4, -0.2) is 6.54 Å². The smallest absolute Gasteiger partial charge is 0.124 e. The lowest BCUT2D eigenvalue weighted by Gasteiger charge is -2.13. The van der Waals surface area contributed by atoms with Crippen molar-refractivity contribution >= 4 is 11.6 Å². The van der Waals surface area contributed by atoms with Crippen molar-refractivity contribution in [3.05, 3.63) is 63.7 Å². The molecule has 0 radical (unpaired) electrons. The Morgan fingerprint density at radius 1 is 1.05 bits per heavy atom. The van der Waals surface area contributed by atoms with Crippen molar-refractivity contribution in [3.63, 3.8) is 0 Å². The zero-order valence-electron chi connectivity index (χ0n) is 12.9. The minimum atomic E-state index is 0.571. The topological polar surface area (TPSA) is 21.3 Å². The summed E-state index contributed by atoms with van der Waals surface area (Å²) in [6.45, 7) is 8.58.